The van der Waals surface area contributed by atoms with Crippen LogP contribution in [0.15, 0.2) is 114 Å². The number of rotatable bonds is 6. The van der Waals surface area contributed by atoms with Crippen LogP contribution in [-0.4, -0.2) is 20.6 Å². The Labute approximate surface area is 283 Å². The molecular weight excluding hydrogens is 610 g/mol. The molecular formula is C42H35N3O4. The zero-order valence-corrected chi connectivity index (χ0v) is 27.2. The summed E-state index contributed by atoms with van der Waals surface area (Å²) in [5.74, 6) is -0.714. The molecule has 2 aliphatic heterocycles. The van der Waals surface area contributed by atoms with Gasteiger partial charge in [-0.15, -0.1) is 0 Å². The van der Waals surface area contributed by atoms with Crippen molar-refractivity contribution in [2.45, 2.75) is 56.9 Å². The van der Waals surface area contributed by atoms with Gasteiger partial charge in [0, 0.05) is 22.2 Å². The first kappa shape index (κ1) is 29.6. The van der Waals surface area contributed by atoms with E-state index in [9.17, 15) is 14.7 Å². The fourth-order valence-corrected chi connectivity index (χ4v) is 8.42. The van der Waals surface area contributed by atoms with E-state index in [0.29, 0.717) is 23.4 Å². The number of cyclic esters (lactones) is 1. The molecule has 1 aliphatic carbocycles. The molecule has 0 spiro atoms. The predicted molar refractivity (Wildman–Crippen MR) is 189 cm³/mol. The zero-order valence-electron chi connectivity index (χ0n) is 27.2. The number of fused-ring (bicyclic) bond motifs is 5. The molecule has 2 N–H and O–H groups in total. The van der Waals surface area contributed by atoms with Crippen molar-refractivity contribution in [3.05, 3.63) is 164 Å². The van der Waals surface area contributed by atoms with Crippen LogP contribution < -0.4 is 10.9 Å². The van der Waals surface area contributed by atoms with E-state index in [2.05, 4.69) is 108 Å². The normalized spacial score (nSPS) is 17.6. The van der Waals surface area contributed by atoms with Crippen LogP contribution in [0.1, 0.15) is 64.3 Å². The maximum Gasteiger partial charge on any atom is 0.343 e. The van der Waals surface area contributed by atoms with Gasteiger partial charge in [0.1, 0.15) is 12.1 Å². The van der Waals surface area contributed by atoms with Crippen molar-refractivity contribution >= 4 is 22.6 Å². The van der Waals surface area contributed by atoms with E-state index in [4.69, 9.17) is 9.72 Å². The number of anilines is 1. The summed E-state index contributed by atoms with van der Waals surface area (Å²) < 4.78 is 7.02. The second-order valence-corrected chi connectivity index (χ2v) is 13.3. The topological polar surface area (TPSA) is 93.5 Å². The van der Waals surface area contributed by atoms with Crippen molar-refractivity contribution in [1.82, 2.24) is 9.55 Å². The van der Waals surface area contributed by atoms with Gasteiger partial charge in [-0.05, 0) is 71.7 Å². The number of carbonyl (C=O) groups is 1. The highest BCUT2D eigenvalue weighted by Crippen LogP contribution is 2.46. The molecule has 9 rings (SSSR count). The van der Waals surface area contributed by atoms with Crippen molar-refractivity contribution in [2.75, 3.05) is 5.32 Å². The van der Waals surface area contributed by atoms with Crippen LogP contribution in [0, 0.1) is 0 Å². The van der Waals surface area contributed by atoms with Crippen LogP contribution in [0.2, 0.25) is 0 Å². The molecule has 0 amide bonds. The number of benzene rings is 4. The van der Waals surface area contributed by atoms with Crippen molar-refractivity contribution in [3.63, 3.8) is 0 Å². The van der Waals surface area contributed by atoms with Crippen LogP contribution in [0.3, 0.4) is 0 Å². The number of aryl methyl sites for hydroxylation is 2. The molecule has 7 heteroatoms. The molecule has 0 saturated heterocycles. The number of esters is 1. The third kappa shape index (κ3) is 4.21. The monoisotopic (exact) mass is 645 g/mol. The molecule has 0 radical (unpaired) electrons. The summed E-state index contributed by atoms with van der Waals surface area (Å²) in [4.78, 5) is 31.8. The summed E-state index contributed by atoms with van der Waals surface area (Å²) in [6, 6.07) is 37.9. The second kappa shape index (κ2) is 11.0. The van der Waals surface area contributed by atoms with Gasteiger partial charge in [-0.25, -0.2) is 9.78 Å². The maximum atomic E-state index is 13.9. The first-order valence-corrected chi connectivity index (χ1v) is 17.0. The number of aromatic nitrogens is 2. The third-order valence-corrected chi connectivity index (χ3v) is 10.9. The first-order valence-electron chi connectivity index (χ1n) is 17.0. The predicted octanol–water partition coefficient (Wildman–Crippen LogP) is 6.97. The second-order valence-electron chi connectivity index (χ2n) is 13.3. The summed E-state index contributed by atoms with van der Waals surface area (Å²) in [7, 11) is 0. The Morgan fingerprint density at radius 2 is 1.43 bits per heavy atom. The average molecular weight is 646 g/mol. The minimum atomic E-state index is -1.85. The molecule has 0 saturated carbocycles. The standard InChI is InChI=1S/C42H35N3O4/c1-2-41(48)33-23-36-38-31(24-45(36)39(46)32(33)25-49-40(41)47)29-19-12-20-30-34(21-22-35(43-38)37(29)30)44-42(26-13-6-3-7-14-26,27-15-8-4-9-16-27)28-17-10-5-11-18-28/h3-11,13-18,21-23,44,48H,2,12,19-20,24-25H2,1H3/t41-/m0/s1. The van der Waals surface area contributed by atoms with Gasteiger partial charge in [0.15, 0.2) is 5.60 Å². The SMILES string of the molecule is CC[C@@]1(O)C(=O)OCc2c1cc1n(c2=O)Cc2c-1nc1ccc(NC(c3ccccc3)(c3ccccc3)c3ccccc3)c3c1c2CCC3. The Hall–Kier alpha value is -5.53. The molecule has 6 aromatic rings. The van der Waals surface area contributed by atoms with Gasteiger partial charge in [0.2, 0.25) is 0 Å². The van der Waals surface area contributed by atoms with Crippen LogP contribution >= 0.6 is 0 Å². The Bertz CT molecular complexity index is 2260. The van der Waals surface area contributed by atoms with Gasteiger partial charge >= 0.3 is 5.97 Å². The lowest BCUT2D eigenvalue weighted by atomic mass is 9.76. The molecule has 0 bridgehead atoms. The fraction of sp³-hybridized carbons (Fsp3) is 0.214. The molecule has 0 fully saturated rings. The summed E-state index contributed by atoms with van der Waals surface area (Å²) in [5, 5.41) is 16.6. The highest BCUT2D eigenvalue weighted by Gasteiger charge is 2.46. The molecule has 242 valence electrons. The number of aliphatic hydroxyl groups is 1. The van der Waals surface area contributed by atoms with E-state index in [1.807, 2.05) is 0 Å². The van der Waals surface area contributed by atoms with Crippen LogP contribution in [0.5, 0.6) is 0 Å². The van der Waals surface area contributed by atoms with Crippen molar-refractivity contribution in [3.8, 4) is 11.4 Å². The fourth-order valence-electron chi connectivity index (χ4n) is 8.42. The Balaban J connectivity index is 1.25. The van der Waals surface area contributed by atoms with E-state index in [0.717, 1.165) is 63.8 Å². The quantitative estimate of drug-likeness (QED) is 0.150. The zero-order chi connectivity index (χ0) is 33.3. The average Bonchev–Trinajstić information content (AvgIpc) is 3.53. The highest BCUT2D eigenvalue weighted by molar-refractivity contribution is 5.95. The molecule has 3 aliphatic rings. The first-order chi connectivity index (χ1) is 23.9. The van der Waals surface area contributed by atoms with Crippen LogP contribution in [0.25, 0.3) is 22.3 Å². The summed E-state index contributed by atoms with van der Waals surface area (Å²) >= 11 is 0. The molecule has 49 heavy (non-hydrogen) atoms. The smallest absolute Gasteiger partial charge is 0.343 e. The number of nitrogens with zero attached hydrogens (tertiary/aromatic N) is 2. The van der Waals surface area contributed by atoms with E-state index in [-0.39, 0.29) is 18.6 Å². The number of nitrogens with one attached hydrogen (secondary N) is 1. The Kier molecular flexibility index (Phi) is 6.65. The van der Waals surface area contributed by atoms with Crippen LogP contribution in [0.4, 0.5) is 5.69 Å². The van der Waals surface area contributed by atoms with Crippen molar-refractivity contribution in [1.29, 1.82) is 0 Å². The number of carbonyl (C=O) groups excluding carboxylic acids is 1. The Morgan fingerprint density at radius 1 is 0.816 bits per heavy atom. The van der Waals surface area contributed by atoms with E-state index in [1.165, 1.54) is 11.1 Å². The van der Waals surface area contributed by atoms with Crippen molar-refractivity contribution in [2.24, 2.45) is 0 Å². The minimum absolute atomic E-state index is 0.112. The highest BCUT2D eigenvalue weighted by atomic mass is 16.6. The van der Waals surface area contributed by atoms with E-state index in [1.54, 1.807) is 17.6 Å². The van der Waals surface area contributed by atoms with Gasteiger partial charge in [0.25, 0.3) is 5.56 Å². The molecule has 4 aromatic carbocycles. The van der Waals surface area contributed by atoms with Crippen LogP contribution in [-0.2, 0) is 46.7 Å². The van der Waals surface area contributed by atoms with Gasteiger partial charge < -0.3 is 19.7 Å². The lowest BCUT2D eigenvalue weighted by molar-refractivity contribution is -0.172. The molecule has 4 heterocycles. The largest absolute Gasteiger partial charge is 0.458 e. The van der Waals surface area contributed by atoms with Gasteiger partial charge in [-0.2, -0.15) is 0 Å². The number of pyridine rings is 2. The number of hydrogen-bond donors (Lipinski definition) is 2. The summed E-state index contributed by atoms with van der Waals surface area (Å²) in [6.45, 7) is 1.98. The number of hydrogen-bond acceptors (Lipinski definition) is 6. The lowest BCUT2D eigenvalue weighted by Gasteiger charge is -2.39. The molecule has 2 aromatic heterocycles. The lowest BCUT2D eigenvalue weighted by Crippen LogP contribution is -2.44. The van der Waals surface area contributed by atoms with Gasteiger partial charge in [-0.3, -0.25) is 4.79 Å². The Morgan fingerprint density at radius 3 is 2.04 bits per heavy atom. The van der Waals surface area contributed by atoms with E-state index < -0.39 is 17.1 Å². The molecule has 1 atom stereocenters. The summed E-state index contributed by atoms with van der Waals surface area (Å²) in [5.41, 5.74) is 8.12. The van der Waals surface area contributed by atoms with Crippen molar-refractivity contribution < 1.29 is 14.6 Å². The minimum Gasteiger partial charge on any atom is -0.458 e. The number of ether oxygens (including phenoxy) is 1. The van der Waals surface area contributed by atoms with E-state index >= 15 is 0 Å². The molecule has 0 unspecified atom stereocenters. The maximum absolute atomic E-state index is 13.9. The summed E-state index contributed by atoms with van der Waals surface area (Å²) in [6.07, 6.45) is 2.85. The molecule has 7 nitrogen and oxygen atoms in total. The third-order valence-electron chi connectivity index (χ3n) is 10.9. The van der Waals surface area contributed by atoms with Gasteiger partial charge in [-0.1, -0.05) is 97.9 Å². The van der Waals surface area contributed by atoms with Gasteiger partial charge in [0.05, 0.1) is 29.0 Å².